The van der Waals surface area contributed by atoms with Crippen molar-refractivity contribution in [1.82, 2.24) is 20.0 Å². The highest BCUT2D eigenvalue weighted by atomic mass is 19.4. The number of halogens is 6. The summed E-state index contributed by atoms with van der Waals surface area (Å²) in [7, 11) is 2.87. The van der Waals surface area contributed by atoms with Crippen LogP contribution in [-0.4, -0.2) is 79.4 Å². The molecule has 1 atom stereocenters. The molecule has 0 radical (unpaired) electrons. The minimum Gasteiger partial charge on any atom is -0.493 e. The quantitative estimate of drug-likeness (QED) is 0.361. The van der Waals surface area contributed by atoms with Crippen LogP contribution in [0.5, 0.6) is 17.2 Å². The van der Waals surface area contributed by atoms with E-state index in [-0.39, 0.29) is 37.2 Å². The zero-order valence-corrected chi connectivity index (χ0v) is 23.4. The average molecular weight is 628 g/mol. The first-order valence-electron chi connectivity index (χ1n) is 13.3. The Morgan fingerprint density at radius 2 is 1.68 bits per heavy atom. The number of hydrogen-bond donors (Lipinski definition) is 1. The van der Waals surface area contributed by atoms with Crippen molar-refractivity contribution in [3.63, 3.8) is 0 Å². The maximum absolute atomic E-state index is 13.7. The van der Waals surface area contributed by atoms with Gasteiger partial charge >= 0.3 is 12.5 Å². The summed E-state index contributed by atoms with van der Waals surface area (Å²) in [5, 5.41) is 7.09. The molecule has 0 bridgehead atoms. The average Bonchev–Trinajstić information content (AvgIpc) is 3.38. The number of amides is 2. The Morgan fingerprint density at radius 3 is 2.34 bits per heavy atom. The van der Waals surface area contributed by atoms with Crippen molar-refractivity contribution in [3.05, 3.63) is 65.5 Å². The predicted octanol–water partition coefficient (Wildman–Crippen LogP) is 4.74. The number of nitrogens with zero attached hydrogens (tertiary/aromatic N) is 4. The van der Waals surface area contributed by atoms with E-state index in [0.717, 1.165) is 6.07 Å². The Balaban J connectivity index is 1.46. The second-order valence-electron chi connectivity index (χ2n) is 10.2. The molecular weight excluding hydrogens is 600 g/mol. The first-order chi connectivity index (χ1) is 20.8. The lowest BCUT2D eigenvalue weighted by Gasteiger charge is -2.41. The van der Waals surface area contributed by atoms with Gasteiger partial charge in [0, 0.05) is 25.2 Å². The maximum atomic E-state index is 13.7. The summed E-state index contributed by atoms with van der Waals surface area (Å²) in [6, 6.07) is 8.10. The molecule has 44 heavy (non-hydrogen) atoms. The molecule has 1 unspecified atom stereocenters. The number of rotatable bonds is 8. The van der Waals surface area contributed by atoms with Crippen LogP contribution < -0.4 is 24.4 Å². The molecule has 236 valence electrons. The van der Waals surface area contributed by atoms with Gasteiger partial charge in [-0.05, 0) is 36.8 Å². The van der Waals surface area contributed by atoms with E-state index < -0.39 is 48.7 Å². The number of anilines is 1. The summed E-state index contributed by atoms with van der Waals surface area (Å²) in [6.07, 6.45) is -7.91. The number of methoxy groups -OCH3 is 2. The van der Waals surface area contributed by atoms with E-state index in [1.165, 1.54) is 59.2 Å². The summed E-state index contributed by atoms with van der Waals surface area (Å²) >= 11 is 0. The standard InChI is InChI=1S/C28H27F6N5O5/c1-42-22-8-7-16(11-23(22)43-2)26(41)38-10-9-19(36-25(40)18-5-3-4-6-21(18)44-28(32,33)34)24-20(38)12-35-39(24)17-13-37(14-17)15-27(29,30)31/h3-8,11-12,17,19H,9-10,13-15H2,1-2H3,(H,36,40). The molecule has 10 nitrogen and oxygen atoms in total. The highest BCUT2D eigenvalue weighted by molar-refractivity contribution is 6.07. The lowest BCUT2D eigenvalue weighted by Crippen LogP contribution is -2.52. The SMILES string of the molecule is COc1ccc(C(=O)N2CCC(NC(=O)c3ccccc3OC(F)(F)F)c3c2cnn3C2CN(CC(F)(F)F)C2)cc1OC. The van der Waals surface area contributed by atoms with Crippen LogP contribution in [0.15, 0.2) is 48.7 Å². The number of benzene rings is 2. The Kier molecular flexibility index (Phi) is 8.38. The van der Waals surface area contributed by atoms with E-state index in [0.29, 0.717) is 22.9 Å². The molecule has 3 heterocycles. The van der Waals surface area contributed by atoms with Gasteiger partial charge in [0.15, 0.2) is 11.5 Å². The summed E-state index contributed by atoms with van der Waals surface area (Å²) in [5.41, 5.74) is 0.517. The monoisotopic (exact) mass is 627 g/mol. The maximum Gasteiger partial charge on any atom is 0.573 e. The first kappa shape index (κ1) is 31.0. The topological polar surface area (TPSA) is 98.2 Å². The third kappa shape index (κ3) is 6.54. The number of nitrogens with one attached hydrogen (secondary N) is 1. The Bertz CT molecular complexity index is 1540. The molecule has 2 aliphatic rings. The van der Waals surface area contributed by atoms with Gasteiger partial charge in [-0.2, -0.15) is 18.3 Å². The fourth-order valence-electron chi connectivity index (χ4n) is 5.38. The molecule has 1 fully saturated rings. The number of carbonyl (C=O) groups is 2. The Labute approximate surface area is 247 Å². The van der Waals surface area contributed by atoms with Gasteiger partial charge in [0.05, 0.1) is 56.0 Å². The second kappa shape index (κ2) is 11.9. The van der Waals surface area contributed by atoms with E-state index >= 15 is 0 Å². The molecular formula is C28H27F6N5O5. The van der Waals surface area contributed by atoms with Crippen LogP contribution in [0.4, 0.5) is 32.0 Å². The number of fused-ring (bicyclic) bond motifs is 1. The van der Waals surface area contributed by atoms with Crippen molar-refractivity contribution >= 4 is 17.5 Å². The van der Waals surface area contributed by atoms with Gasteiger partial charge in [-0.1, -0.05) is 12.1 Å². The molecule has 2 aromatic carbocycles. The molecule has 0 spiro atoms. The van der Waals surface area contributed by atoms with E-state index in [1.807, 2.05) is 0 Å². The van der Waals surface area contributed by atoms with Crippen LogP contribution in [0.2, 0.25) is 0 Å². The third-order valence-electron chi connectivity index (χ3n) is 7.30. The number of likely N-dealkylation sites (tertiary alicyclic amines) is 1. The van der Waals surface area contributed by atoms with Gasteiger partial charge in [0.2, 0.25) is 0 Å². The fourth-order valence-corrected chi connectivity index (χ4v) is 5.38. The van der Waals surface area contributed by atoms with Crippen LogP contribution >= 0.6 is 0 Å². The minimum atomic E-state index is -5.04. The smallest absolute Gasteiger partial charge is 0.493 e. The summed E-state index contributed by atoms with van der Waals surface area (Å²) < 4.78 is 93.7. The van der Waals surface area contributed by atoms with Crippen LogP contribution in [-0.2, 0) is 0 Å². The van der Waals surface area contributed by atoms with E-state index in [2.05, 4.69) is 15.2 Å². The van der Waals surface area contributed by atoms with Crippen molar-refractivity contribution in [1.29, 1.82) is 0 Å². The largest absolute Gasteiger partial charge is 0.573 e. The second-order valence-corrected chi connectivity index (χ2v) is 10.2. The summed E-state index contributed by atoms with van der Waals surface area (Å²) in [4.78, 5) is 29.6. The van der Waals surface area contributed by atoms with Gasteiger partial charge in [-0.25, -0.2) is 0 Å². The molecule has 2 aliphatic heterocycles. The van der Waals surface area contributed by atoms with Gasteiger partial charge in [-0.3, -0.25) is 19.2 Å². The molecule has 0 aliphatic carbocycles. The number of carbonyl (C=O) groups excluding carboxylic acids is 2. The molecule has 1 aromatic heterocycles. The normalized spacial score (nSPS) is 17.5. The summed E-state index contributed by atoms with van der Waals surface area (Å²) in [5.74, 6) is -1.29. The molecule has 1 N–H and O–H groups in total. The number of aromatic nitrogens is 2. The molecule has 1 saturated heterocycles. The molecule has 16 heteroatoms. The highest BCUT2D eigenvalue weighted by Crippen LogP contribution is 2.39. The first-order valence-corrected chi connectivity index (χ1v) is 13.3. The van der Waals surface area contributed by atoms with Gasteiger partial charge in [0.25, 0.3) is 11.8 Å². The number of para-hydroxylation sites is 1. The lowest BCUT2D eigenvalue weighted by atomic mass is 9.99. The van der Waals surface area contributed by atoms with Crippen LogP contribution in [0.1, 0.15) is 44.9 Å². The summed E-state index contributed by atoms with van der Waals surface area (Å²) in [6.45, 7) is -0.990. The highest BCUT2D eigenvalue weighted by Gasteiger charge is 2.42. The zero-order chi connectivity index (χ0) is 31.8. The minimum absolute atomic E-state index is 0.0141. The van der Waals surface area contributed by atoms with E-state index in [9.17, 15) is 35.9 Å². The molecule has 0 saturated carbocycles. The fraction of sp³-hybridized carbons (Fsp3) is 0.393. The zero-order valence-electron chi connectivity index (χ0n) is 23.4. The van der Waals surface area contributed by atoms with Crippen LogP contribution in [0.3, 0.4) is 0 Å². The van der Waals surface area contributed by atoms with Crippen molar-refractivity contribution < 1.29 is 50.1 Å². The number of alkyl halides is 6. The Morgan fingerprint density at radius 1 is 0.977 bits per heavy atom. The van der Waals surface area contributed by atoms with Crippen LogP contribution in [0, 0.1) is 0 Å². The van der Waals surface area contributed by atoms with Gasteiger partial charge in [-0.15, -0.1) is 13.2 Å². The number of hydrogen-bond acceptors (Lipinski definition) is 7. The predicted molar refractivity (Wildman–Crippen MR) is 143 cm³/mol. The van der Waals surface area contributed by atoms with Crippen molar-refractivity contribution in [2.24, 2.45) is 0 Å². The number of ether oxygens (including phenoxy) is 3. The van der Waals surface area contributed by atoms with Gasteiger partial charge in [0.1, 0.15) is 5.75 Å². The Hall–Kier alpha value is -4.47. The molecule has 2 amide bonds. The molecule has 3 aromatic rings. The van der Waals surface area contributed by atoms with Gasteiger partial charge < -0.3 is 24.4 Å². The van der Waals surface area contributed by atoms with E-state index in [1.54, 1.807) is 12.1 Å². The lowest BCUT2D eigenvalue weighted by molar-refractivity contribution is -0.274. The van der Waals surface area contributed by atoms with E-state index in [4.69, 9.17) is 9.47 Å². The van der Waals surface area contributed by atoms with Crippen molar-refractivity contribution in [2.75, 3.05) is 45.3 Å². The molecule has 5 rings (SSSR count). The third-order valence-corrected chi connectivity index (χ3v) is 7.30. The van der Waals surface area contributed by atoms with Crippen molar-refractivity contribution in [3.8, 4) is 17.2 Å². The van der Waals surface area contributed by atoms with Crippen LogP contribution in [0.25, 0.3) is 0 Å². The van der Waals surface area contributed by atoms with Crippen molar-refractivity contribution in [2.45, 2.75) is 31.0 Å².